The van der Waals surface area contributed by atoms with Crippen LogP contribution in [0.4, 0.5) is 0 Å². The number of hydrogen-bond donors (Lipinski definition) is 1. The highest BCUT2D eigenvalue weighted by Crippen LogP contribution is 2.33. The van der Waals surface area contributed by atoms with Crippen molar-refractivity contribution in [1.82, 2.24) is 8.75 Å². The van der Waals surface area contributed by atoms with Crippen LogP contribution >= 0.6 is 11.7 Å². The van der Waals surface area contributed by atoms with Crippen LogP contribution in [0.25, 0.3) is 16.6 Å². The lowest BCUT2D eigenvalue weighted by molar-refractivity contribution is -0.130. The maximum atomic E-state index is 13.8. The predicted octanol–water partition coefficient (Wildman–Crippen LogP) is 4.30. The first kappa shape index (κ1) is 22.3. The van der Waals surface area contributed by atoms with Crippen LogP contribution in [0.2, 0.25) is 0 Å². The smallest absolute Gasteiger partial charge is 0.336 e. The van der Waals surface area contributed by atoms with Crippen molar-refractivity contribution in [3.63, 3.8) is 0 Å². The lowest BCUT2D eigenvalue weighted by Crippen LogP contribution is -2.17. The van der Waals surface area contributed by atoms with Gasteiger partial charge in [0, 0.05) is 17.6 Å². The molecule has 0 saturated heterocycles. The Morgan fingerprint density at radius 1 is 0.914 bits per heavy atom. The Hall–Kier alpha value is -4.55. The maximum absolute atomic E-state index is 13.8. The van der Waals surface area contributed by atoms with Crippen molar-refractivity contribution in [3.8, 4) is 17.6 Å². The molecule has 3 aromatic carbocycles. The van der Waals surface area contributed by atoms with Crippen LogP contribution in [0.1, 0.15) is 27.0 Å². The number of fused-ring (bicyclic) bond motifs is 2. The van der Waals surface area contributed by atoms with E-state index in [9.17, 15) is 14.7 Å². The number of nitrogens with zero attached hydrogens (tertiary/aromatic N) is 3. The van der Waals surface area contributed by atoms with Gasteiger partial charge in [0.1, 0.15) is 24.2 Å². The number of hydrogen-bond acceptors (Lipinski definition) is 8. The second-order valence-electron chi connectivity index (χ2n) is 7.80. The summed E-state index contributed by atoms with van der Waals surface area (Å²) in [5.74, 6) is -0.709. The van der Waals surface area contributed by atoms with E-state index in [1.807, 2.05) is 0 Å². The van der Waals surface area contributed by atoms with E-state index in [0.29, 0.717) is 52.4 Å². The van der Waals surface area contributed by atoms with E-state index in [0.717, 1.165) is 11.7 Å². The fraction of sp³-hybridized carbons (Fsp3) is 0.115. The predicted molar refractivity (Wildman–Crippen MR) is 129 cm³/mol. The normalized spacial score (nSPS) is 13.1. The number of carboxylic acids is 1. The number of allylic oxidation sites excluding steroid dienone is 1. The van der Waals surface area contributed by atoms with E-state index < -0.39 is 11.8 Å². The number of benzene rings is 3. The summed E-state index contributed by atoms with van der Waals surface area (Å²) in [6, 6.07) is 18.5. The Kier molecular flexibility index (Phi) is 5.95. The van der Waals surface area contributed by atoms with Crippen LogP contribution < -0.4 is 9.47 Å². The molecule has 5 rings (SSSR count). The molecule has 2 heterocycles. The summed E-state index contributed by atoms with van der Waals surface area (Å²) >= 11 is 1.03. The monoisotopic (exact) mass is 483 g/mol. The topological polar surface area (TPSA) is 122 Å². The molecule has 35 heavy (non-hydrogen) atoms. The van der Waals surface area contributed by atoms with Crippen molar-refractivity contribution in [2.45, 2.75) is 6.42 Å². The summed E-state index contributed by atoms with van der Waals surface area (Å²) in [7, 11) is 0. The Morgan fingerprint density at radius 3 is 2.37 bits per heavy atom. The van der Waals surface area contributed by atoms with Crippen LogP contribution in [-0.4, -0.2) is 38.8 Å². The molecule has 0 amide bonds. The summed E-state index contributed by atoms with van der Waals surface area (Å²) in [6.45, 7) is 0.780. The Balaban J connectivity index is 1.66. The van der Waals surface area contributed by atoms with Crippen LogP contribution in [0, 0.1) is 11.3 Å². The summed E-state index contributed by atoms with van der Waals surface area (Å²) in [6.07, 6.45) is 0.0496. The average molecular weight is 484 g/mol. The van der Waals surface area contributed by atoms with Crippen LogP contribution in [0.3, 0.4) is 0 Å². The molecule has 0 fully saturated rings. The molecule has 1 aromatic heterocycles. The van der Waals surface area contributed by atoms with Gasteiger partial charge in [-0.25, -0.2) is 4.79 Å². The number of ether oxygens (including phenoxy) is 2. The maximum Gasteiger partial charge on any atom is 0.336 e. The highest BCUT2D eigenvalue weighted by atomic mass is 32.1. The number of carbonyl (C=O) groups is 2. The third kappa shape index (κ3) is 4.47. The van der Waals surface area contributed by atoms with E-state index in [1.54, 1.807) is 60.7 Å². The van der Waals surface area contributed by atoms with Crippen molar-refractivity contribution in [1.29, 1.82) is 5.26 Å². The number of aliphatic carboxylic acids is 1. The van der Waals surface area contributed by atoms with E-state index in [4.69, 9.17) is 14.7 Å². The second-order valence-corrected chi connectivity index (χ2v) is 8.33. The molecule has 9 heteroatoms. The van der Waals surface area contributed by atoms with E-state index in [1.165, 1.54) is 0 Å². The second kappa shape index (κ2) is 9.37. The molecular weight excluding hydrogens is 466 g/mol. The van der Waals surface area contributed by atoms with Crippen molar-refractivity contribution >= 4 is 40.1 Å². The van der Waals surface area contributed by atoms with E-state index in [-0.39, 0.29) is 23.1 Å². The number of carboxylic acid groups (broad SMARTS) is 1. The van der Waals surface area contributed by atoms with Gasteiger partial charge in [-0.3, -0.25) is 4.79 Å². The van der Waals surface area contributed by atoms with Gasteiger partial charge in [0.25, 0.3) is 0 Å². The fourth-order valence-corrected chi connectivity index (χ4v) is 4.42. The summed E-state index contributed by atoms with van der Waals surface area (Å²) in [5.41, 5.74) is 2.98. The standard InChI is InChI=1S/C26H17N3O5S/c27-14-16-3-1-15(2-4-16)11-19(25(30)18-6-8-22-23(13-18)34-10-9-33-22)24(26(31)32)17-5-7-20-21(12-17)29-35-28-20/h1-8,12-13H,9-11H2,(H,31,32)/b24-19+. The van der Waals surface area contributed by atoms with Gasteiger partial charge in [-0.05, 0) is 53.6 Å². The average Bonchev–Trinajstić information content (AvgIpc) is 3.36. The lowest BCUT2D eigenvalue weighted by Gasteiger charge is -2.19. The van der Waals surface area contributed by atoms with Crippen LogP contribution in [-0.2, 0) is 11.2 Å². The van der Waals surface area contributed by atoms with Crippen molar-refractivity contribution in [2.75, 3.05) is 13.2 Å². The van der Waals surface area contributed by atoms with E-state index >= 15 is 0 Å². The van der Waals surface area contributed by atoms with Crippen molar-refractivity contribution < 1.29 is 24.2 Å². The molecule has 0 atom stereocenters. The van der Waals surface area contributed by atoms with Gasteiger partial charge < -0.3 is 14.6 Å². The van der Waals surface area contributed by atoms with Gasteiger partial charge in [0.05, 0.1) is 28.9 Å². The first-order chi connectivity index (χ1) is 17.0. The molecule has 8 nitrogen and oxygen atoms in total. The Bertz CT molecular complexity index is 1530. The molecule has 0 bridgehead atoms. The summed E-state index contributed by atoms with van der Waals surface area (Å²) in [4.78, 5) is 26.3. The van der Waals surface area contributed by atoms with Crippen molar-refractivity contribution in [3.05, 3.63) is 88.5 Å². The zero-order valence-corrected chi connectivity index (χ0v) is 19.0. The molecule has 0 radical (unpaired) electrons. The highest BCUT2D eigenvalue weighted by Gasteiger charge is 2.25. The van der Waals surface area contributed by atoms with Gasteiger partial charge in [-0.1, -0.05) is 18.2 Å². The third-order valence-electron chi connectivity index (χ3n) is 5.60. The third-order valence-corrected chi connectivity index (χ3v) is 6.16. The SMILES string of the molecule is N#Cc1ccc(C/C(C(=O)c2ccc3c(c2)OCCO3)=C(\C(=O)O)c2ccc3nsnc3c2)cc1. The zero-order chi connectivity index (χ0) is 24.4. The largest absolute Gasteiger partial charge is 0.486 e. The quantitative estimate of drug-likeness (QED) is 0.318. The van der Waals surface area contributed by atoms with Gasteiger partial charge >= 0.3 is 5.97 Å². The number of Topliss-reactive ketones (excluding diaryl/α,β-unsaturated/α-hetero) is 1. The Labute approximate surface area is 204 Å². The summed E-state index contributed by atoms with van der Waals surface area (Å²) < 4.78 is 19.5. The minimum absolute atomic E-state index is 0.0496. The number of aromatic nitrogens is 2. The molecule has 0 saturated carbocycles. The molecule has 0 spiro atoms. The first-order valence-electron chi connectivity index (χ1n) is 10.7. The minimum Gasteiger partial charge on any atom is -0.486 e. The highest BCUT2D eigenvalue weighted by molar-refractivity contribution is 7.00. The molecule has 1 N–H and O–H groups in total. The molecule has 1 aliphatic rings. The molecule has 0 aliphatic carbocycles. The number of rotatable bonds is 6. The van der Waals surface area contributed by atoms with E-state index in [2.05, 4.69) is 14.8 Å². The molecule has 4 aromatic rings. The summed E-state index contributed by atoms with van der Waals surface area (Å²) in [5, 5.41) is 19.3. The van der Waals surface area contributed by atoms with Crippen molar-refractivity contribution in [2.24, 2.45) is 0 Å². The minimum atomic E-state index is -1.23. The number of nitriles is 1. The van der Waals surface area contributed by atoms with Crippen LogP contribution in [0.15, 0.2) is 66.2 Å². The number of carbonyl (C=O) groups excluding carboxylic acids is 1. The van der Waals surface area contributed by atoms with Gasteiger partial charge in [0.2, 0.25) is 0 Å². The van der Waals surface area contributed by atoms with Crippen LogP contribution in [0.5, 0.6) is 11.5 Å². The fourth-order valence-electron chi connectivity index (χ4n) is 3.91. The molecular formula is C26H17N3O5S. The van der Waals surface area contributed by atoms with Gasteiger partial charge in [-0.2, -0.15) is 14.0 Å². The van der Waals surface area contributed by atoms with Gasteiger partial charge in [-0.15, -0.1) is 0 Å². The number of ketones is 1. The lowest BCUT2D eigenvalue weighted by atomic mass is 9.89. The Morgan fingerprint density at radius 2 is 1.63 bits per heavy atom. The van der Waals surface area contributed by atoms with Gasteiger partial charge in [0.15, 0.2) is 17.3 Å². The zero-order valence-electron chi connectivity index (χ0n) is 18.2. The molecule has 0 unspecified atom stereocenters. The molecule has 172 valence electrons. The molecule has 1 aliphatic heterocycles. The first-order valence-corrected chi connectivity index (χ1v) is 11.4.